The number of nitrogens with two attached hydrogens (primary N) is 2. The highest BCUT2D eigenvalue weighted by Crippen LogP contribution is 2.13. The summed E-state index contributed by atoms with van der Waals surface area (Å²) in [6.07, 6.45) is -0.102. The number of rotatable bonds is 3. The van der Waals surface area contributed by atoms with Crippen molar-refractivity contribution in [3.8, 4) is 0 Å². The first-order valence-corrected chi connectivity index (χ1v) is 4.93. The number of hydrogen-bond donors (Lipinski definition) is 2. The van der Waals surface area contributed by atoms with Crippen LogP contribution in [0.4, 0.5) is 5.69 Å². The molecule has 0 aliphatic carbocycles. The van der Waals surface area contributed by atoms with Gasteiger partial charge in [0.2, 0.25) is 5.91 Å². The maximum atomic E-state index is 11.5. The van der Waals surface area contributed by atoms with Crippen LogP contribution in [0.5, 0.6) is 0 Å². The van der Waals surface area contributed by atoms with Gasteiger partial charge in [-0.3, -0.25) is 14.9 Å². The molecule has 8 heteroatoms. The zero-order valence-corrected chi connectivity index (χ0v) is 9.52. The zero-order valence-electron chi connectivity index (χ0n) is 8.70. The van der Waals surface area contributed by atoms with Crippen molar-refractivity contribution in [2.75, 3.05) is 0 Å². The molecular weight excluding hydrogens is 244 g/mol. The van der Waals surface area contributed by atoms with E-state index in [1.54, 1.807) is 6.07 Å². The molecule has 0 aliphatic heterocycles. The number of nitro benzene ring substituents is 1. The second-order valence-corrected chi connectivity index (χ2v) is 3.62. The molecule has 0 saturated heterocycles. The number of carbonyl (C=O) groups is 1. The maximum absolute atomic E-state index is 11.5. The monoisotopic (exact) mass is 254 g/mol. The summed E-state index contributed by atoms with van der Waals surface area (Å²) in [5, 5.41) is 10.9. The molecule has 1 aromatic rings. The van der Waals surface area contributed by atoms with Crippen LogP contribution >= 0.6 is 12.2 Å². The molecule has 90 valence electrons. The standard InChI is InChI=1S/C9H10N4O3S/c10-9(17)12(11)8(14)5-6-2-1-3-7(4-6)13(15)16/h1-4H,5,11H2,(H2,10,17). The van der Waals surface area contributed by atoms with E-state index in [1.807, 2.05) is 0 Å². The Morgan fingerprint density at radius 1 is 1.53 bits per heavy atom. The van der Waals surface area contributed by atoms with Gasteiger partial charge in [0.15, 0.2) is 5.11 Å². The molecule has 4 N–H and O–H groups in total. The van der Waals surface area contributed by atoms with Gasteiger partial charge in [0.1, 0.15) is 0 Å². The maximum Gasteiger partial charge on any atom is 0.269 e. The van der Waals surface area contributed by atoms with Crippen LogP contribution in [-0.4, -0.2) is 21.0 Å². The molecule has 0 heterocycles. The van der Waals surface area contributed by atoms with E-state index < -0.39 is 10.8 Å². The van der Waals surface area contributed by atoms with E-state index in [1.165, 1.54) is 18.2 Å². The van der Waals surface area contributed by atoms with Crippen molar-refractivity contribution in [3.63, 3.8) is 0 Å². The minimum Gasteiger partial charge on any atom is -0.375 e. The molecule has 0 unspecified atom stereocenters. The fourth-order valence-corrected chi connectivity index (χ4v) is 1.26. The lowest BCUT2D eigenvalue weighted by atomic mass is 10.1. The van der Waals surface area contributed by atoms with Crippen LogP contribution in [0.15, 0.2) is 24.3 Å². The largest absolute Gasteiger partial charge is 0.375 e. The van der Waals surface area contributed by atoms with Gasteiger partial charge >= 0.3 is 0 Å². The summed E-state index contributed by atoms with van der Waals surface area (Å²) < 4.78 is 0. The third kappa shape index (κ3) is 3.47. The molecule has 1 rings (SSSR count). The first kappa shape index (κ1) is 13.0. The molecule has 7 nitrogen and oxygen atoms in total. The third-order valence-electron chi connectivity index (χ3n) is 1.98. The number of amides is 1. The molecular formula is C9H10N4O3S. The van der Waals surface area contributed by atoms with E-state index in [-0.39, 0.29) is 17.2 Å². The van der Waals surface area contributed by atoms with E-state index in [0.29, 0.717) is 10.6 Å². The van der Waals surface area contributed by atoms with Crippen LogP contribution in [0.25, 0.3) is 0 Å². The number of carbonyl (C=O) groups excluding carboxylic acids is 1. The second kappa shape index (κ2) is 5.32. The summed E-state index contributed by atoms with van der Waals surface area (Å²) in [4.78, 5) is 21.5. The molecule has 0 saturated carbocycles. The first-order valence-electron chi connectivity index (χ1n) is 4.52. The molecule has 0 fully saturated rings. The van der Waals surface area contributed by atoms with Crippen molar-refractivity contribution in [1.29, 1.82) is 0 Å². The molecule has 1 aromatic carbocycles. The summed E-state index contributed by atoms with van der Waals surface area (Å²) in [5.74, 6) is 4.76. The number of non-ortho nitro benzene ring substituents is 1. The normalized spacial score (nSPS) is 9.71. The summed E-state index contributed by atoms with van der Waals surface area (Å²) in [7, 11) is 0. The number of hydrazine groups is 1. The van der Waals surface area contributed by atoms with E-state index in [2.05, 4.69) is 12.2 Å². The van der Waals surface area contributed by atoms with Crippen molar-refractivity contribution in [3.05, 3.63) is 39.9 Å². The Balaban J connectivity index is 2.82. The van der Waals surface area contributed by atoms with Crippen molar-refractivity contribution in [2.45, 2.75) is 6.42 Å². The Hall–Kier alpha value is -2.06. The van der Waals surface area contributed by atoms with Crippen molar-refractivity contribution >= 4 is 28.9 Å². The smallest absolute Gasteiger partial charge is 0.269 e. The average Bonchev–Trinajstić information content (AvgIpc) is 2.28. The molecule has 1 amide bonds. The van der Waals surface area contributed by atoms with Gasteiger partial charge in [-0.25, -0.2) is 10.9 Å². The lowest BCUT2D eigenvalue weighted by Gasteiger charge is -2.13. The number of hydrogen-bond acceptors (Lipinski definition) is 5. The second-order valence-electron chi connectivity index (χ2n) is 3.21. The zero-order chi connectivity index (χ0) is 13.0. The van der Waals surface area contributed by atoms with Crippen LogP contribution in [0.2, 0.25) is 0 Å². The lowest BCUT2D eigenvalue weighted by molar-refractivity contribution is -0.384. The van der Waals surface area contributed by atoms with E-state index in [4.69, 9.17) is 11.6 Å². The Morgan fingerprint density at radius 3 is 2.71 bits per heavy atom. The predicted molar refractivity (Wildman–Crippen MR) is 64.6 cm³/mol. The van der Waals surface area contributed by atoms with Crippen LogP contribution in [0.3, 0.4) is 0 Å². The van der Waals surface area contributed by atoms with Gasteiger partial charge in [0.05, 0.1) is 11.3 Å². The van der Waals surface area contributed by atoms with E-state index in [0.717, 1.165) is 0 Å². The summed E-state index contributed by atoms with van der Waals surface area (Å²) in [6, 6.07) is 5.70. The topological polar surface area (TPSA) is 115 Å². The van der Waals surface area contributed by atoms with Crippen molar-refractivity contribution in [1.82, 2.24) is 5.01 Å². The van der Waals surface area contributed by atoms with Gasteiger partial charge in [0, 0.05) is 12.1 Å². The SMILES string of the molecule is NC(=S)N(N)C(=O)Cc1cccc([N+](=O)[O-])c1. The lowest BCUT2D eigenvalue weighted by Crippen LogP contribution is -2.46. The number of nitro groups is 1. The highest BCUT2D eigenvalue weighted by Gasteiger charge is 2.14. The molecule has 0 radical (unpaired) electrons. The number of thiocarbonyl (C=S) groups is 1. The number of nitrogens with zero attached hydrogens (tertiary/aromatic N) is 2. The van der Waals surface area contributed by atoms with E-state index >= 15 is 0 Å². The molecule has 0 spiro atoms. The van der Waals surface area contributed by atoms with Gasteiger partial charge in [-0.2, -0.15) is 0 Å². The van der Waals surface area contributed by atoms with Crippen LogP contribution in [-0.2, 0) is 11.2 Å². The Morgan fingerprint density at radius 2 is 2.18 bits per heavy atom. The minimum absolute atomic E-state index is 0.0887. The summed E-state index contributed by atoms with van der Waals surface area (Å²) >= 11 is 4.53. The highest BCUT2D eigenvalue weighted by atomic mass is 32.1. The molecule has 0 atom stereocenters. The number of benzene rings is 1. The minimum atomic E-state index is -0.540. The van der Waals surface area contributed by atoms with Gasteiger partial charge in [-0.15, -0.1) is 0 Å². The van der Waals surface area contributed by atoms with Gasteiger partial charge in [0.25, 0.3) is 5.69 Å². The molecule has 0 bridgehead atoms. The Labute approximate surface area is 102 Å². The quantitative estimate of drug-likeness (QED) is 0.259. The van der Waals surface area contributed by atoms with Crippen LogP contribution in [0.1, 0.15) is 5.56 Å². The fraction of sp³-hybridized carbons (Fsp3) is 0.111. The molecule has 0 aromatic heterocycles. The summed E-state index contributed by atoms with van der Waals surface area (Å²) in [5.41, 5.74) is 5.55. The Kier molecular flexibility index (Phi) is 4.07. The van der Waals surface area contributed by atoms with Gasteiger partial charge in [-0.1, -0.05) is 12.1 Å². The first-order chi connectivity index (χ1) is 7.91. The molecule has 17 heavy (non-hydrogen) atoms. The van der Waals surface area contributed by atoms with Gasteiger partial charge < -0.3 is 5.73 Å². The predicted octanol–water partition coefficient (Wildman–Crippen LogP) is 0.0832. The van der Waals surface area contributed by atoms with Crippen LogP contribution in [0, 0.1) is 10.1 Å². The average molecular weight is 254 g/mol. The van der Waals surface area contributed by atoms with Crippen molar-refractivity contribution in [2.24, 2.45) is 11.6 Å². The highest BCUT2D eigenvalue weighted by molar-refractivity contribution is 7.80. The van der Waals surface area contributed by atoms with E-state index in [9.17, 15) is 14.9 Å². The fourth-order valence-electron chi connectivity index (χ4n) is 1.16. The van der Waals surface area contributed by atoms with Crippen molar-refractivity contribution < 1.29 is 9.72 Å². The van der Waals surface area contributed by atoms with Gasteiger partial charge in [-0.05, 0) is 17.8 Å². The van der Waals surface area contributed by atoms with Crippen LogP contribution < -0.4 is 11.6 Å². The molecule has 0 aliphatic rings. The summed E-state index contributed by atoms with van der Waals surface area (Å²) in [6.45, 7) is 0. The third-order valence-corrected chi connectivity index (χ3v) is 2.18. The Bertz CT molecular complexity index is 477.